The van der Waals surface area contributed by atoms with Gasteiger partial charge in [-0.2, -0.15) is 0 Å². The number of rotatable bonds is 1. The van der Waals surface area contributed by atoms with Crippen molar-refractivity contribution in [2.45, 2.75) is 19.9 Å². The van der Waals surface area contributed by atoms with Gasteiger partial charge >= 0.3 is 0 Å². The van der Waals surface area contributed by atoms with Crippen molar-refractivity contribution in [3.63, 3.8) is 0 Å². The molecule has 1 rings (SSSR count). The Bertz CT molecular complexity index is 167. The highest BCUT2D eigenvalue weighted by atomic mass is 16.2. The molecule has 1 fully saturated rings. The average Bonchev–Trinajstić information content (AvgIpc) is 1.86. The maximum atomic E-state index is 11.1. The Morgan fingerprint density at radius 2 is 2.18 bits per heavy atom. The van der Waals surface area contributed by atoms with Crippen molar-refractivity contribution in [1.82, 2.24) is 5.32 Å². The monoisotopic (exact) mass is 157 g/mol. The number of quaternary nitrogens is 1. The minimum absolute atomic E-state index is 0.187. The lowest BCUT2D eigenvalue weighted by Crippen LogP contribution is -2.61. The van der Waals surface area contributed by atoms with E-state index in [2.05, 4.69) is 26.2 Å². The summed E-state index contributed by atoms with van der Waals surface area (Å²) >= 11 is 0. The largest absolute Gasteiger partial charge is 0.346 e. The van der Waals surface area contributed by atoms with E-state index < -0.39 is 0 Å². The van der Waals surface area contributed by atoms with E-state index >= 15 is 0 Å². The third-order valence-electron chi connectivity index (χ3n) is 2.70. The Morgan fingerprint density at radius 1 is 1.55 bits per heavy atom. The minimum atomic E-state index is 0.187. The molecule has 1 heterocycles. The number of nitrogens with zero attached hydrogens (tertiary/aromatic N) is 1. The van der Waals surface area contributed by atoms with Crippen LogP contribution >= 0.6 is 0 Å². The lowest BCUT2D eigenvalue weighted by atomic mass is 10.2. The topological polar surface area (TPSA) is 29.1 Å². The van der Waals surface area contributed by atoms with Crippen molar-refractivity contribution in [2.24, 2.45) is 0 Å². The van der Waals surface area contributed by atoms with Gasteiger partial charge in [-0.3, -0.25) is 4.79 Å². The Balaban J connectivity index is 2.62. The van der Waals surface area contributed by atoms with Crippen LogP contribution < -0.4 is 5.32 Å². The SMILES string of the molecule is CC(C)[N+]1(C)CCNC(=O)C1. The number of amides is 1. The molecule has 0 bridgehead atoms. The second kappa shape index (κ2) is 2.81. The lowest BCUT2D eigenvalue weighted by Gasteiger charge is -2.40. The van der Waals surface area contributed by atoms with E-state index in [9.17, 15) is 4.79 Å². The number of carbonyl (C=O) groups excluding carboxylic acids is 1. The molecule has 3 heteroatoms. The molecule has 1 aliphatic heterocycles. The van der Waals surface area contributed by atoms with Crippen LogP contribution in [0.15, 0.2) is 0 Å². The summed E-state index contributed by atoms with van der Waals surface area (Å²) in [6.45, 7) is 6.85. The highest BCUT2D eigenvalue weighted by Crippen LogP contribution is 2.10. The smallest absolute Gasteiger partial charge is 0.275 e. The molecule has 0 aromatic heterocycles. The van der Waals surface area contributed by atoms with Crippen LogP contribution in [0, 0.1) is 0 Å². The number of hydrogen-bond acceptors (Lipinski definition) is 1. The molecule has 0 aromatic carbocycles. The molecular formula is C8H17N2O+. The van der Waals surface area contributed by atoms with Crippen molar-refractivity contribution in [2.75, 3.05) is 26.7 Å². The molecule has 1 amide bonds. The molecular weight excluding hydrogens is 140 g/mol. The maximum absolute atomic E-state index is 11.1. The first-order chi connectivity index (χ1) is 5.04. The molecule has 1 unspecified atom stereocenters. The molecule has 1 N–H and O–H groups in total. The molecule has 1 atom stereocenters. The number of nitrogens with one attached hydrogen (secondary N) is 1. The van der Waals surface area contributed by atoms with Crippen LogP contribution in [-0.4, -0.2) is 43.1 Å². The molecule has 3 nitrogen and oxygen atoms in total. The van der Waals surface area contributed by atoms with Crippen molar-refractivity contribution in [1.29, 1.82) is 0 Å². The Kier molecular flexibility index (Phi) is 2.18. The summed E-state index contributed by atoms with van der Waals surface area (Å²) in [5.74, 6) is 0.187. The van der Waals surface area contributed by atoms with Gasteiger partial charge in [0.1, 0.15) is 0 Å². The molecule has 1 aliphatic rings. The first-order valence-electron chi connectivity index (χ1n) is 4.15. The molecule has 0 radical (unpaired) electrons. The van der Waals surface area contributed by atoms with Crippen molar-refractivity contribution < 1.29 is 9.28 Å². The fourth-order valence-corrected chi connectivity index (χ4v) is 1.35. The van der Waals surface area contributed by atoms with Gasteiger partial charge in [0.2, 0.25) is 0 Å². The summed E-state index contributed by atoms with van der Waals surface area (Å²) in [6.07, 6.45) is 0. The van der Waals surface area contributed by atoms with E-state index in [4.69, 9.17) is 0 Å². The van der Waals surface area contributed by atoms with Gasteiger partial charge in [0, 0.05) is 0 Å². The Labute approximate surface area is 68.0 Å². The van der Waals surface area contributed by atoms with Crippen LogP contribution in [0.2, 0.25) is 0 Å². The zero-order valence-corrected chi connectivity index (χ0v) is 7.55. The van der Waals surface area contributed by atoms with Crippen LogP contribution in [0.3, 0.4) is 0 Å². The predicted molar refractivity (Wildman–Crippen MR) is 44.1 cm³/mol. The van der Waals surface area contributed by atoms with Gasteiger partial charge in [-0.05, 0) is 13.8 Å². The van der Waals surface area contributed by atoms with Crippen molar-refractivity contribution in [3.8, 4) is 0 Å². The average molecular weight is 157 g/mol. The van der Waals surface area contributed by atoms with E-state index in [0.29, 0.717) is 12.6 Å². The molecule has 0 aromatic rings. The van der Waals surface area contributed by atoms with E-state index in [1.165, 1.54) is 0 Å². The molecule has 0 aliphatic carbocycles. The first-order valence-corrected chi connectivity index (χ1v) is 4.15. The van der Waals surface area contributed by atoms with Crippen LogP contribution in [0.4, 0.5) is 0 Å². The Hall–Kier alpha value is -0.570. The van der Waals surface area contributed by atoms with Gasteiger partial charge in [0.25, 0.3) is 5.91 Å². The summed E-state index contributed by atoms with van der Waals surface area (Å²) < 4.78 is 0.881. The van der Waals surface area contributed by atoms with Gasteiger partial charge < -0.3 is 9.80 Å². The fourth-order valence-electron chi connectivity index (χ4n) is 1.35. The van der Waals surface area contributed by atoms with Gasteiger partial charge in [-0.15, -0.1) is 0 Å². The Morgan fingerprint density at radius 3 is 2.55 bits per heavy atom. The van der Waals surface area contributed by atoms with Gasteiger partial charge in [0.15, 0.2) is 6.54 Å². The normalized spacial score (nSPS) is 32.2. The number of piperazine rings is 1. The summed E-state index contributed by atoms with van der Waals surface area (Å²) in [5.41, 5.74) is 0. The number of likely N-dealkylation sites (N-methyl/N-ethyl adjacent to an activating group) is 1. The van der Waals surface area contributed by atoms with Crippen molar-refractivity contribution >= 4 is 5.91 Å². The van der Waals surface area contributed by atoms with Crippen LogP contribution in [-0.2, 0) is 4.79 Å². The molecule has 64 valence electrons. The third-order valence-corrected chi connectivity index (χ3v) is 2.70. The first kappa shape index (κ1) is 8.53. The minimum Gasteiger partial charge on any atom is -0.346 e. The summed E-state index contributed by atoms with van der Waals surface area (Å²) in [5, 5.41) is 2.84. The predicted octanol–water partition coefficient (Wildman–Crippen LogP) is -0.0288. The van der Waals surface area contributed by atoms with Crippen LogP contribution in [0.25, 0.3) is 0 Å². The highest BCUT2D eigenvalue weighted by Gasteiger charge is 2.31. The van der Waals surface area contributed by atoms with Gasteiger partial charge in [-0.25, -0.2) is 0 Å². The summed E-state index contributed by atoms with van der Waals surface area (Å²) in [6, 6.07) is 0.543. The standard InChI is InChI=1S/C8H16N2O/c1-7(2)10(3)5-4-9-8(11)6-10/h7H,4-6H2,1-3H3/p+1. The summed E-state index contributed by atoms with van der Waals surface area (Å²) in [7, 11) is 2.14. The second-order valence-electron chi connectivity index (χ2n) is 3.80. The quantitative estimate of drug-likeness (QED) is 0.532. The van der Waals surface area contributed by atoms with Crippen LogP contribution in [0.1, 0.15) is 13.8 Å². The van der Waals surface area contributed by atoms with E-state index in [1.54, 1.807) is 0 Å². The van der Waals surface area contributed by atoms with E-state index in [1.807, 2.05) is 0 Å². The molecule has 0 spiro atoms. The maximum Gasteiger partial charge on any atom is 0.275 e. The summed E-state index contributed by atoms with van der Waals surface area (Å²) in [4.78, 5) is 11.1. The molecule has 11 heavy (non-hydrogen) atoms. The molecule has 0 saturated carbocycles. The van der Waals surface area contributed by atoms with E-state index in [-0.39, 0.29) is 5.91 Å². The van der Waals surface area contributed by atoms with Crippen LogP contribution in [0.5, 0.6) is 0 Å². The highest BCUT2D eigenvalue weighted by molar-refractivity contribution is 5.77. The number of carbonyl (C=O) groups is 1. The zero-order chi connectivity index (χ0) is 8.48. The van der Waals surface area contributed by atoms with Gasteiger partial charge in [0.05, 0.1) is 26.2 Å². The second-order valence-corrected chi connectivity index (χ2v) is 3.80. The van der Waals surface area contributed by atoms with Gasteiger partial charge in [-0.1, -0.05) is 0 Å². The van der Waals surface area contributed by atoms with Crippen molar-refractivity contribution in [3.05, 3.63) is 0 Å². The lowest BCUT2D eigenvalue weighted by molar-refractivity contribution is -0.923. The number of hydrogen-bond donors (Lipinski definition) is 1. The van der Waals surface area contributed by atoms with E-state index in [0.717, 1.165) is 17.6 Å². The zero-order valence-electron chi connectivity index (χ0n) is 7.55. The molecule has 1 saturated heterocycles. The fraction of sp³-hybridized carbons (Fsp3) is 0.875. The third kappa shape index (κ3) is 1.71.